The van der Waals surface area contributed by atoms with Crippen molar-refractivity contribution in [1.29, 1.82) is 0 Å². The molecule has 0 radical (unpaired) electrons. The third-order valence-corrected chi connectivity index (χ3v) is 4.16. The summed E-state index contributed by atoms with van der Waals surface area (Å²) in [4.78, 5) is 81.1. The molecule has 0 fully saturated rings. The molecule has 0 aliphatic heterocycles. The number of aliphatic carboxylic acids is 2. The first kappa shape index (κ1) is 29.2. The van der Waals surface area contributed by atoms with Crippen LogP contribution in [-0.4, -0.2) is 87.6 Å². The summed E-state index contributed by atoms with van der Waals surface area (Å²) in [7, 11) is 0. The van der Waals surface area contributed by atoms with E-state index in [1.165, 1.54) is 0 Å². The fourth-order valence-corrected chi connectivity index (χ4v) is 2.38. The van der Waals surface area contributed by atoms with Gasteiger partial charge in [0.15, 0.2) is 0 Å². The number of hydrogen-bond acceptors (Lipinski definition) is 9. The van der Waals surface area contributed by atoms with Crippen LogP contribution < -0.4 is 33.2 Å². The number of aliphatic hydroxyl groups excluding tert-OH is 1. The Morgan fingerprint density at radius 3 is 1.61 bits per heavy atom. The van der Waals surface area contributed by atoms with Gasteiger partial charge in [0.1, 0.15) is 18.1 Å². The van der Waals surface area contributed by atoms with Crippen molar-refractivity contribution in [1.82, 2.24) is 16.0 Å². The molecule has 4 atom stereocenters. The van der Waals surface area contributed by atoms with E-state index >= 15 is 0 Å². The third-order valence-electron chi connectivity index (χ3n) is 4.16. The molecule has 0 aromatic heterocycles. The van der Waals surface area contributed by atoms with Crippen molar-refractivity contribution in [2.24, 2.45) is 17.2 Å². The van der Waals surface area contributed by atoms with Crippen LogP contribution in [0.15, 0.2) is 0 Å². The van der Waals surface area contributed by atoms with Crippen molar-refractivity contribution in [2.75, 3.05) is 6.61 Å². The number of carboxylic acid groups (broad SMARTS) is 2. The molecule has 33 heavy (non-hydrogen) atoms. The maximum Gasteiger partial charge on any atom is 0.328 e. The summed E-state index contributed by atoms with van der Waals surface area (Å²) >= 11 is 0. The van der Waals surface area contributed by atoms with E-state index in [0.717, 1.165) is 0 Å². The number of nitrogens with one attached hydrogen (secondary N) is 3. The highest BCUT2D eigenvalue weighted by atomic mass is 16.4. The van der Waals surface area contributed by atoms with Gasteiger partial charge in [-0.05, 0) is 12.8 Å². The molecule has 0 aromatic rings. The quantitative estimate of drug-likeness (QED) is 0.101. The fraction of sp³-hybridized carbons (Fsp3) is 0.588. The molecular formula is C17H28N6O10. The molecule has 186 valence electrons. The minimum absolute atomic E-state index is 0.177. The molecule has 4 unspecified atom stereocenters. The van der Waals surface area contributed by atoms with E-state index in [9.17, 15) is 33.6 Å². The van der Waals surface area contributed by atoms with E-state index in [2.05, 4.69) is 10.6 Å². The van der Waals surface area contributed by atoms with Crippen molar-refractivity contribution >= 4 is 41.5 Å². The second-order valence-electron chi connectivity index (χ2n) is 6.92. The zero-order valence-electron chi connectivity index (χ0n) is 17.5. The van der Waals surface area contributed by atoms with Gasteiger partial charge in [-0.1, -0.05) is 0 Å². The lowest BCUT2D eigenvalue weighted by Crippen LogP contribution is -2.58. The molecule has 0 rings (SSSR count). The van der Waals surface area contributed by atoms with E-state index in [1.54, 1.807) is 0 Å². The van der Waals surface area contributed by atoms with E-state index in [-0.39, 0.29) is 12.8 Å². The number of aliphatic hydroxyl groups is 1. The second kappa shape index (κ2) is 14.3. The molecule has 0 saturated heterocycles. The highest BCUT2D eigenvalue weighted by Gasteiger charge is 2.31. The first-order valence-corrected chi connectivity index (χ1v) is 9.57. The predicted molar refractivity (Wildman–Crippen MR) is 108 cm³/mol. The number of nitrogens with two attached hydrogens (primary N) is 3. The van der Waals surface area contributed by atoms with Crippen LogP contribution in [-0.2, 0) is 33.6 Å². The Labute approximate surface area is 187 Å². The molecule has 16 nitrogen and oxygen atoms in total. The normalized spacial score (nSPS) is 14.1. The molecular weight excluding hydrogens is 448 g/mol. The summed E-state index contributed by atoms with van der Waals surface area (Å²) in [6.07, 6.45) is -2.14. The van der Waals surface area contributed by atoms with Crippen LogP contribution in [0.4, 0.5) is 0 Å². The van der Waals surface area contributed by atoms with E-state index < -0.39 is 91.5 Å². The van der Waals surface area contributed by atoms with Gasteiger partial charge in [0.05, 0.1) is 19.1 Å². The van der Waals surface area contributed by atoms with Gasteiger partial charge in [-0.2, -0.15) is 0 Å². The van der Waals surface area contributed by atoms with E-state index in [1.807, 2.05) is 5.32 Å². The molecule has 0 aliphatic carbocycles. The van der Waals surface area contributed by atoms with Gasteiger partial charge in [-0.15, -0.1) is 0 Å². The van der Waals surface area contributed by atoms with Gasteiger partial charge in [-0.3, -0.25) is 28.8 Å². The molecule has 16 heteroatoms. The average Bonchev–Trinajstić information content (AvgIpc) is 2.71. The zero-order chi connectivity index (χ0) is 25.7. The van der Waals surface area contributed by atoms with Gasteiger partial charge in [0.2, 0.25) is 29.5 Å². The van der Waals surface area contributed by atoms with Crippen molar-refractivity contribution in [3.05, 3.63) is 0 Å². The molecule has 0 aliphatic rings. The first-order chi connectivity index (χ1) is 15.3. The highest BCUT2D eigenvalue weighted by molar-refractivity contribution is 5.96. The van der Waals surface area contributed by atoms with Gasteiger partial charge < -0.3 is 48.5 Å². The topological polar surface area (TPSA) is 294 Å². The number of amides is 5. The monoisotopic (exact) mass is 476 g/mol. The first-order valence-electron chi connectivity index (χ1n) is 9.57. The maximum atomic E-state index is 12.6. The van der Waals surface area contributed by atoms with Crippen molar-refractivity contribution in [2.45, 2.75) is 56.3 Å². The number of primary amides is 2. The van der Waals surface area contributed by atoms with Crippen LogP contribution in [0, 0.1) is 0 Å². The number of carboxylic acids is 2. The second-order valence-corrected chi connectivity index (χ2v) is 6.92. The molecule has 0 aromatic carbocycles. The lowest BCUT2D eigenvalue weighted by molar-refractivity contribution is -0.144. The molecule has 0 spiro atoms. The Hall–Kier alpha value is -3.79. The standard InChI is InChI=1S/C17H28N6O10/c18-7(1-3-11(19)25)14(29)22-9(5-13(27)28)16(31)21-8(2-4-12(20)26)15(30)23-10(6-24)17(32)33/h7-10,24H,1-6,18H2,(H2,19,25)(H2,20,26)(H,21,31)(H,22,29)(H,23,30)(H,27,28)(H,32,33). The molecule has 5 amide bonds. The Balaban J connectivity index is 5.47. The molecule has 0 bridgehead atoms. The Bertz CT molecular complexity index is 773. The SMILES string of the molecule is NC(=O)CCC(N)C(=O)NC(CC(=O)O)C(=O)NC(CCC(N)=O)C(=O)NC(CO)C(=O)O. The summed E-state index contributed by atoms with van der Waals surface area (Å²) in [5.41, 5.74) is 15.6. The van der Waals surface area contributed by atoms with Crippen LogP contribution in [0.25, 0.3) is 0 Å². The number of carbonyl (C=O) groups is 7. The van der Waals surface area contributed by atoms with Crippen molar-refractivity contribution < 1.29 is 48.9 Å². The summed E-state index contributed by atoms with van der Waals surface area (Å²) in [6.45, 7) is -0.974. The Morgan fingerprint density at radius 2 is 1.15 bits per heavy atom. The van der Waals surface area contributed by atoms with E-state index in [4.69, 9.17) is 32.5 Å². The predicted octanol–water partition coefficient (Wildman–Crippen LogP) is -5.15. The summed E-state index contributed by atoms with van der Waals surface area (Å²) < 4.78 is 0. The summed E-state index contributed by atoms with van der Waals surface area (Å²) in [5.74, 6) is -7.89. The Kier molecular flexibility index (Phi) is 12.7. The summed E-state index contributed by atoms with van der Waals surface area (Å²) in [6, 6.07) is -6.29. The lowest BCUT2D eigenvalue weighted by Gasteiger charge is -2.24. The average molecular weight is 476 g/mol. The van der Waals surface area contributed by atoms with Gasteiger partial charge in [0.25, 0.3) is 0 Å². The van der Waals surface area contributed by atoms with Crippen LogP contribution >= 0.6 is 0 Å². The maximum absolute atomic E-state index is 12.6. The highest BCUT2D eigenvalue weighted by Crippen LogP contribution is 2.03. The van der Waals surface area contributed by atoms with Crippen LogP contribution in [0.2, 0.25) is 0 Å². The number of carbonyl (C=O) groups excluding carboxylic acids is 5. The largest absolute Gasteiger partial charge is 0.481 e. The summed E-state index contributed by atoms with van der Waals surface area (Å²) in [5, 5.41) is 33.1. The fourth-order valence-electron chi connectivity index (χ4n) is 2.38. The number of rotatable bonds is 16. The third kappa shape index (κ3) is 12.0. The van der Waals surface area contributed by atoms with Crippen molar-refractivity contribution in [3.8, 4) is 0 Å². The van der Waals surface area contributed by atoms with Gasteiger partial charge >= 0.3 is 11.9 Å². The molecule has 0 heterocycles. The van der Waals surface area contributed by atoms with Gasteiger partial charge in [0, 0.05) is 12.8 Å². The van der Waals surface area contributed by atoms with Crippen molar-refractivity contribution in [3.63, 3.8) is 0 Å². The lowest BCUT2D eigenvalue weighted by atomic mass is 10.1. The van der Waals surface area contributed by atoms with Gasteiger partial charge in [-0.25, -0.2) is 4.79 Å². The van der Waals surface area contributed by atoms with Crippen LogP contribution in [0.3, 0.4) is 0 Å². The number of hydrogen-bond donors (Lipinski definition) is 9. The van der Waals surface area contributed by atoms with E-state index in [0.29, 0.717) is 0 Å². The smallest absolute Gasteiger partial charge is 0.328 e. The Morgan fingerprint density at radius 1 is 0.697 bits per heavy atom. The van der Waals surface area contributed by atoms with Crippen LogP contribution in [0.5, 0.6) is 0 Å². The molecule has 12 N–H and O–H groups in total. The van der Waals surface area contributed by atoms with Crippen LogP contribution in [0.1, 0.15) is 32.1 Å². The minimum atomic E-state index is -1.72. The zero-order valence-corrected chi connectivity index (χ0v) is 17.5. The minimum Gasteiger partial charge on any atom is -0.481 e. The molecule has 0 saturated carbocycles.